The number of nitrogens with two attached hydrogens (primary N) is 1. The third-order valence-corrected chi connectivity index (χ3v) is 3.46. The van der Waals surface area contributed by atoms with E-state index >= 15 is 0 Å². The van der Waals surface area contributed by atoms with Gasteiger partial charge in [0.1, 0.15) is 0 Å². The molecular weight excluding hydrogens is 400 g/mol. The lowest BCUT2D eigenvalue weighted by Gasteiger charge is -2.32. The third kappa shape index (κ3) is 10.5. The Morgan fingerprint density at radius 2 is 1.36 bits per heavy atom. The van der Waals surface area contributed by atoms with Crippen LogP contribution in [0, 0.1) is 5.92 Å². The predicted molar refractivity (Wildman–Crippen MR) is 85.6 cm³/mol. The molecule has 0 unspecified atom stereocenters. The lowest BCUT2D eigenvalue weighted by atomic mass is 9.97. The molecule has 1 aliphatic heterocycles. The van der Waals surface area contributed by atoms with Gasteiger partial charge in [0.2, 0.25) is 0 Å². The average molecular weight is 419 g/mol. The predicted octanol–water partition coefficient (Wildman–Crippen LogP) is 2.52. The number of rotatable bonds is 2. The Bertz CT molecular complexity index is 578. The quantitative estimate of drug-likeness (QED) is 0.631. The molecule has 0 bridgehead atoms. The van der Waals surface area contributed by atoms with Crippen LogP contribution in [0.5, 0.6) is 0 Å². The van der Waals surface area contributed by atoms with Gasteiger partial charge >= 0.3 is 24.3 Å². The zero-order valence-electron chi connectivity index (χ0n) is 14.4. The molecule has 160 valence electrons. The van der Waals surface area contributed by atoms with Crippen molar-refractivity contribution >= 4 is 17.6 Å². The topological polar surface area (TPSA) is 117 Å². The molecule has 28 heavy (non-hydrogen) atoms. The third-order valence-electron chi connectivity index (χ3n) is 3.46. The van der Waals surface area contributed by atoms with Crippen molar-refractivity contribution in [2.75, 3.05) is 24.5 Å². The van der Waals surface area contributed by atoms with Crippen molar-refractivity contribution in [3.63, 3.8) is 0 Å². The van der Waals surface area contributed by atoms with Crippen molar-refractivity contribution < 1.29 is 46.1 Å². The summed E-state index contributed by atoms with van der Waals surface area (Å²) < 4.78 is 63.5. The highest BCUT2D eigenvalue weighted by Gasteiger charge is 2.38. The summed E-state index contributed by atoms with van der Waals surface area (Å²) in [5.74, 6) is -4.78. The SMILES string of the molecule is NCC1CCN(c2ccncc2)CC1.O=C(O)C(F)(F)F.O=C(O)C(F)(F)F. The second kappa shape index (κ2) is 11.3. The highest BCUT2D eigenvalue weighted by atomic mass is 19.4. The van der Waals surface area contributed by atoms with Gasteiger partial charge in [-0.1, -0.05) is 0 Å². The maximum absolute atomic E-state index is 10.6. The van der Waals surface area contributed by atoms with Gasteiger partial charge in [-0.05, 0) is 37.4 Å². The summed E-state index contributed by atoms with van der Waals surface area (Å²) >= 11 is 0. The Morgan fingerprint density at radius 3 is 1.64 bits per heavy atom. The van der Waals surface area contributed by atoms with Crippen molar-refractivity contribution in [2.45, 2.75) is 25.2 Å². The second-order valence-corrected chi connectivity index (χ2v) is 5.48. The lowest BCUT2D eigenvalue weighted by molar-refractivity contribution is -0.193. The Morgan fingerprint density at radius 1 is 1.00 bits per heavy atom. The molecule has 1 aliphatic rings. The van der Waals surface area contributed by atoms with Gasteiger partial charge in [-0.15, -0.1) is 0 Å². The van der Waals surface area contributed by atoms with Crippen LogP contribution in [-0.2, 0) is 9.59 Å². The molecule has 2 heterocycles. The molecule has 0 spiro atoms. The first kappa shape index (κ1) is 25.4. The van der Waals surface area contributed by atoms with Crippen LogP contribution in [0.2, 0.25) is 0 Å². The highest BCUT2D eigenvalue weighted by Crippen LogP contribution is 2.21. The zero-order valence-corrected chi connectivity index (χ0v) is 14.4. The molecule has 1 fully saturated rings. The van der Waals surface area contributed by atoms with E-state index in [2.05, 4.69) is 22.0 Å². The summed E-state index contributed by atoms with van der Waals surface area (Å²) in [5.41, 5.74) is 6.95. The molecule has 1 saturated heterocycles. The summed E-state index contributed by atoms with van der Waals surface area (Å²) in [7, 11) is 0. The number of aromatic nitrogens is 1. The number of piperidine rings is 1. The van der Waals surface area contributed by atoms with Crippen LogP contribution < -0.4 is 10.6 Å². The number of alkyl halides is 6. The molecule has 0 aliphatic carbocycles. The Kier molecular flexibility index (Phi) is 10.3. The van der Waals surface area contributed by atoms with E-state index < -0.39 is 24.3 Å². The van der Waals surface area contributed by atoms with Gasteiger partial charge in [-0.2, -0.15) is 26.3 Å². The molecular formula is C15H19F6N3O4. The lowest BCUT2D eigenvalue weighted by Crippen LogP contribution is -2.35. The number of carboxylic acids is 2. The van der Waals surface area contributed by atoms with E-state index in [4.69, 9.17) is 25.5 Å². The summed E-state index contributed by atoms with van der Waals surface area (Å²) in [6, 6.07) is 4.14. The van der Waals surface area contributed by atoms with Crippen LogP contribution in [0.15, 0.2) is 24.5 Å². The van der Waals surface area contributed by atoms with Crippen molar-refractivity contribution in [1.82, 2.24) is 4.98 Å². The van der Waals surface area contributed by atoms with Gasteiger partial charge in [0.05, 0.1) is 0 Å². The first-order valence-corrected chi connectivity index (χ1v) is 7.74. The number of halogens is 6. The van der Waals surface area contributed by atoms with Gasteiger partial charge in [0.25, 0.3) is 0 Å². The van der Waals surface area contributed by atoms with E-state index in [0.717, 1.165) is 25.6 Å². The maximum atomic E-state index is 10.6. The number of aliphatic carboxylic acids is 2. The van der Waals surface area contributed by atoms with Gasteiger partial charge in [-0.25, -0.2) is 9.59 Å². The van der Waals surface area contributed by atoms with Crippen molar-refractivity contribution in [2.24, 2.45) is 11.7 Å². The van der Waals surface area contributed by atoms with Gasteiger partial charge in [0.15, 0.2) is 0 Å². The van der Waals surface area contributed by atoms with Crippen LogP contribution in [-0.4, -0.2) is 59.1 Å². The molecule has 7 nitrogen and oxygen atoms in total. The van der Waals surface area contributed by atoms with Gasteiger partial charge in [-0.3, -0.25) is 4.98 Å². The summed E-state index contributed by atoms with van der Waals surface area (Å²) in [6.45, 7) is 3.10. The largest absolute Gasteiger partial charge is 0.490 e. The fraction of sp³-hybridized carbons (Fsp3) is 0.533. The van der Waals surface area contributed by atoms with Crippen LogP contribution >= 0.6 is 0 Å². The number of carbonyl (C=O) groups is 2. The molecule has 1 aromatic heterocycles. The smallest absolute Gasteiger partial charge is 0.475 e. The summed E-state index contributed by atoms with van der Waals surface area (Å²) in [6.07, 6.45) is -4.02. The van der Waals surface area contributed by atoms with Crippen LogP contribution in [0.1, 0.15) is 12.8 Å². The van der Waals surface area contributed by atoms with Gasteiger partial charge < -0.3 is 20.8 Å². The minimum absolute atomic E-state index is 0.730. The Hall–Kier alpha value is -2.57. The Balaban J connectivity index is 0.000000444. The monoisotopic (exact) mass is 419 g/mol. The van der Waals surface area contributed by atoms with E-state index in [1.165, 1.54) is 18.5 Å². The molecule has 2 rings (SSSR count). The number of pyridine rings is 1. The second-order valence-electron chi connectivity index (χ2n) is 5.48. The minimum atomic E-state index is -5.08. The number of carboxylic acid groups (broad SMARTS) is 2. The first-order valence-electron chi connectivity index (χ1n) is 7.74. The van der Waals surface area contributed by atoms with Crippen molar-refractivity contribution in [3.8, 4) is 0 Å². The normalized spacial score (nSPS) is 14.9. The molecule has 0 saturated carbocycles. The van der Waals surface area contributed by atoms with Crippen LogP contribution in [0.4, 0.5) is 32.0 Å². The molecule has 0 aromatic carbocycles. The van der Waals surface area contributed by atoms with Crippen molar-refractivity contribution in [1.29, 1.82) is 0 Å². The van der Waals surface area contributed by atoms with E-state index in [9.17, 15) is 26.3 Å². The van der Waals surface area contributed by atoms with Gasteiger partial charge in [0, 0.05) is 31.2 Å². The fourth-order valence-electron chi connectivity index (χ4n) is 1.98. The molecule has 0 radical (unpaired) electrons. The summed E-state index contributed by atoms with van der Waals surface area (Å²) in [5, 5.41) is 14.2. The zero-order chi connectivity index (χ0) is 22.0. The molecule has 1 aromatic rings. The number of hydrogen-bond donors (Lipinski definition) is 3. The molecule has 0 atom stereocenters. The fourth-order valence-corrected chi connectivity index (χ4v) is 1.98. The molecule has 13 heteroatoms. The molecule has 0 amide bonds. The van der Waals surface area contributed by atoms with Crippen molar-refractivity contribution in [3.05, 3.63) is 24.5 Å². The first-order chi connectivity index (χ1) is 12.8. The standard InChI is InChI=1S/C11H17N3.2C2HF3O2/c12-9-10-3-7-14(8-4-10)11-1-5-13-6-2-11;2*3-2(4,5)1(6)7/h1-2,5-6,10H,3-4,7-9,12H2;2*(H,6,7). The van der Waals surface area contributed by atoms with E-state index in [1.807, 2.05) is 12.4 Å². The van der Waals surface area contributed by atoms with Crippen LogP contribution in [0.25, 0.3) is 0 Å². The molecule has 4 N–H and O–H groups in total. The van der Waals surface area contributed by atoms with E-state index in [0.29, 0.717) is 0 Å². The minimum Gasteiger partial charge on any atom is -0.475 e. The van der Waals surface area contributed by atoms with Crippen LogP contribution in [0.3, 0.4) is 0 Å². The maximum Gasteiger partial charge on any atom is 0.490 e. The number of nitrogens with zero attached hydrogens (tertiary/aromatic N) is 2. The summed E-state index contributed by atoms with van der Waals surface area (Å²) in [4.78, 5) is 24.2. The van der Waals surface area contributed by atoms with E-state index in [1.54, 1.807) is 0 Å². The number of anilines is 1. The number of hydrogen-bond acceptors (Lipinski definition) is 5. The highest BCUT2D eigenvalue weighted by molar-refractivity contribution is 5.73. The Labute approximate surface area is 155 Å². The average Bonchev–Trinajstić information content (AvgIpc) is 2.62. The van der Waals surface area contributed by atoms with E-state index in [-0.39, 0.29) is 0 Å².